The molecule has 24 heavy (non-hydrogen) atoms. The van der Waals surface area contributed by atoms with E-state index < -0.39 is 0 Å². The van der Waals surface area contributed by atoms with Crippen LogP contribution in [0, 0.1) is 0 Å². The molecule has 0 aromatic heterocycles. The van der Waals surface area contributed by atoms with Crippen LogP contribution in [0.4, 0.5) is 0 Å². The Hall–Kier alpha value is -0.160. The molecule has 3 aliphatic carbocycles. The van der Waals surface area contributed by atoms with Gasteiger partial charge in [-0.3, -0.25) is 0 Å². The molecular formula is C20H38N2O2. The molecule has 0 aromatic carbocycles. The van der Waals surface area contributed by atoms with Gasteiger partial charge in [-0.05, 0) is 64.2 Å². The predicted molar refractivity (Wildman–Crippen MR) is 98.4 cm³/mol. The van der Waals surface area contributed by atoms with Crippen LogP contribution < -0.4 is 10.6 Å². The minimum Gasteiger partial charge on any atom is -0.381 e. The molecule has 3 rings (SSSR count). The van der Waals surface area contributed by atoms with Gasteiger partial charge in [0.15, 0.2) is 0 Å². The molecule has 4 heteroatoms. The van der Waals surface area contributed by atoms with Crippen LogP contribution in [0.3, 0.4) is 0 Å². The molecule has 140 valence electrons. The smallest absolute Gasteiger partial charge is 0.0572 e. The number of nitrogens with one attached hydrogen (secondary N) is 2. The van der Waals surface area contributed by atoms with Crippen molar-refractivity contribution in [3.8, 4) is 0 Å². The zero-order valence-corrected chi connectivity index (χ0v) is 15.8. The monoisotopic (exact) mass is 338 g/mol. The van der Waals surface area contributed by atoms with E-state index >= 15 is 0 Å². The van der Waals surface area contributed by atoms with Gasteiger partial charge in [0.25, 0.3) is 0 Å². The standard InChI is InChI=1S/C20H38N2O2/c1-23-17-11-7-15(8-12-17)21-19-5-3-4-6-20(19)22-16-9-13-18(24-2)14-10-16/h15-22H,3-14H2,1-2H3. The maximum atomic E-state index is 5.52. The van der Waals surface area contributed by atoms with E-state index in [0.29, 0.717) is 36.4 Å². The Morgan fingerprint density at radius 2 is 0.917 bits per heavy atom. The first-order chi connectivity index (χ1) is 11.8. The second-order valence-electron chi connectivity index (χ2n) is 8.25. The van der Waals surface area contributed by atoms with E-state index in [9.17, 15) is 0 Å². The Bertz CT molecular complexity index is 316. The molecule has 0 aromatic rings. The fraction of sp³-hybridized carbons (Fsp3) is 1.00. The van der Waals surface area contributed by atoms with Crippen LogP contribution >= 0.6 is 0 Å². The number of hydrogen-bond donors (Lipinski definition) is 2. The first-order valence-electron chi connectivity index (χ1n) is 10.4. The average Bonchev–Trinajstić information content (AvgIpc) is 2.64. The van der Waals surface area contributed by atoms with Gasteiger partial charge >= 0.3 is 0 Å². The van der Waals surface area contributed by atoms with Crippen molar-refractivity contribution in [3.05, 3.63) is 0 Å². The summed E-state index contributed by atoms with van der Waals surface area (Å²) in [6, 6.07) is 2.74. The van der Waals surface area contributed by atoms with Crippen LogP contribution in [0.5, 0.6) is 0 Å². The SMILES string of the molecule is COC1CCC(NC2CCCCC2NC2CCC(OC)CC2)CC1. The summed E-state index contributed by atoms with van der Waals surface area (Å²) in [6.45, 7) is 0. The third-order valence-electron chi connectivity index (χ3n) is 6.68. The average molecular weight is 339 g/mol. The van der Waals surface area contributed by atoms with E-state index in [2.05, 4.69) is 10.6 Å². The van der Waals surface area contributed by atoms with Gasteiger partial charge in [-0.15, -0.1) is 0 Å². The summed E-state index contributed by atoms with van der Waals surface area (Å²) in [4.78, 5) is 0. The summed E-state index contributed by atoms with van der Waals surface area (Å²) < 4.78 is 11.0. The van der Waals surface area contributed by atoms with Crippen molar-refractivity contribution in [2.45, 2.75) is 113 Å². The van der Waals surface area contributed by atoms with Gasteiger partial charge < -0.3 is 20.1 Å². The largest absolute Gasteiger partial charge is 0.381 e. The summed E-state index contributed by atoms with van der Waals surface area (Å²) in [5, 5.41) is 8.04. The predicted octanol–water partition coefficient (Wildman–Crippen LogP) is 3.39. The molecule has 0 radical (unpaired) electrons. The Balaban J connectivity index is 1.45. The van der Waals surface area contributed by atoms with Crippen molar-refractivity contribution in [2.24, 2.45) is 0 Å². The number of hydrogen-bond acceptors (Lipinski definition) is 4. The minimum atomic E-state index is 0.499. The first-order valence-corrected chi connectivity index (χ1v) is 10.4. The van der Waals surface area contributed by atoms with Crippen LogP contribution in [-0.2, 0) is 9.47 Å². The molecule has 0 amide bonds. The van der Waals surface area contributed by atoms with Crippen molar-refractivity contribution >= 4 is 0 Å². The third-order valence-corrected chi connectivity index (χ3v) is 6.68. The molecule has 0 bridgehead atoms. The van der Waals surface area contributed by atoms with E-state index in [4.69, 9.17) is 9.47 Å². The fourth-order valence-corrected chi connectivity index (χ4v) is 5.07. The molecule has 2 unspecified atom stereocenters. The van der Waals surface area contributed by atoms with Gasteiger partial charge in [-0.1, -0.05) is 12.8 Å². The maximum absolute atomic E-state index is 5.52. The Kier molecular flexibility index (Phi) is 7.38. The van der Waals surface area contributed by atoms with Crippen molar-refractivity contribution < 1.29 is 9.47 Å². The van der Waals surface area contributed by atoms with Crippen molar-refractivity contribution in [1.29, 1.82) is 0 Å². The Labute approximate surface area is 148 Å². The highest BCUT2D eigenvalue weighted by Gasteiger charge is 2.31. The minimum absolute atomic E-state index is 0.499. The highest BCUT2D eigenvalue weighted by atomic mass is 16.5. The van der Waals surface area contributed by atoms with Crippen LogP contribution in [0.25, 0.3) is 0 Å². The first kappa shape index (κ1) is 18.6. The highest BCUT2D eigenvalue weighted by Crippen LogP contribution is 2.27. The van der Waals surface area contributed by atoms with Gasteiger partial charge in [0.2, 0.25) is 0 Å². The van der Waals surface area contributed by atoms with E-state index in [1.54, 1.807) is 0 Å². The quantitative estimate of drug-likeness (QED) is 0.779. The van der Waals surface area contributed by atoms with Crippen molar-refractivity contribution in [3.63, 3.8) is 0 Å². The van der Waals surface area contributed by atoms with Crippen LogP contribution in [0.15, 0.2) is 0 Å². The molecule has 0 spiro atoms. The number of ether oxygens (including phenoxy) is 2. The summed E-state index contributed by atoms with van der Waals surface area (Å²) in [5.41, 5.74) is 0. The van der Waals surface area contributed by atoms with Crippen LogP contribution in [0.2, 0.25) is 0 Å². The molecule has 3 aliphatic rings. The fourth-order valence-electron chi connectivity index (χ4n) is 5.07. The molecule has 0 aliphatic heterocycles. The third kappa shape index (κ3) is 5.17. The Morgan fingerprint density at radius 3 is 1.25 bits per heavy atom. The lowest BCUT2D eigenvalue weighted by atomic mass is 9.85. The van der Waals surface area contributed by atoms with E-state index in [1.807, 2.05) is 14.2 Å². The number of methoxy groups -OCH3 is 2. The molecule has 0 heterocycles. The second kappa shape index (κ2) is 9.51. The van der Waals surface area contributed by atoms with Gasteiger partial charge in [-0.25, -0.2) is 0 Å². The summed E-state index contributed by atoms with van der Waals surface area (Å²) in [7, 11) is 3.72. The van der Waals surface area contributed by atoms with Crippen LogP contribution in [-0.4, -0.2) is 50.6 Å². The summed E-state index contributed by atoms with van der Waals surface area (Å²) in [6.07, 6.45) is 16.5. The molecular weight excluding hydrogens is 300 g/mol. The van der Waals surface area contributed by atoms with E-state index in [-0.39, 0.29) is 0 Å². The van der Waals surface area contributed by atoms with E-state index in [0.717, 1.165) is 0 Å². The molecule has 2 N–H and O–H groups in total. The molecule has 3 saturated carbocycles. The summed E-state index contributed by atoms with van der Waals surface area (Å²) >= 11 is 0. The van der Waals surface area contributed by atoms with E-state index in [1.165, 1.54) is 77.0 Å². The topological polar surface area (TPSA) is 42.5 Å². The zero-order valence-electron chi connectivity index (χ0n) is 15.8. The normalized spacial score (nSPS) is 41.2. The van der Waals surface area contributed by atoms with Gasteiger partial charge in [0.05, 0.1) is 12.2 Å². The second-order valence-corrected chi connectivity index (χ2v) is 8.25. The molecule has 2 atom stereocenters. The molecule has 0 saturated heterocycles. The lowest BCUT2D eigenvalue weighted by Crippen LogP contribution is -2.56. The van der Waals surface area contributed by atoms with Crippen molar-refractivity contribution in [1.82, 2.24) is 10.6 Å². The number of rotatable bonds is 6. The van der Waals surface area contributed by atoms with Gasteiger partial charge in [-0.2, -0.15) is 0 Å². The molecule has 4 nitrogen and oxygen atoms in total. The maximum Gasteiger partial charge on any atom is 0.0572 e. The van der Waals surface area contributed by atoms with Gasteiger partial charge in [0, 0.05) is 38.4 Å². The highest BCUT2D eigenvalue weighted by molar-refractivity contribution is 4.92. The lowest BCUT2D eigenvalue weighted by Gasteiger charge is -2.40. The Morgan fingerprint density at radius 1 is 0.542 bits per heavy atom. The van der Waals surface area contributed by atoms with Crippen LogP contribution in [0.1, 0.15) is 77.0 Å². The van der Waals surface area contributed by atoms with Crippen molar-refractivity contribution in [2.75, 3.05) is 14.2 Å². The lowest BCUT2D eigenvalue weighted by molar-refractivity contribution is 0.0549. The molecule has 3 fully saturated rings. The zero-order chi connectivity index (χ0) is 16.8. The summed E-state index contributed by atoms with van der Waals surface area (Å²) in [5.74, 6) is 0. The van der Waals surface area contributed by atoms with Gasteiger partial charge in [0.1, 0.15) is 0 Å².